The van der Waals surface area contributed by atoms with Gasteiger partial charge in [0, 0.05) is 25.0 Å². The fraction of sp³-hybridized carbons (Fsp3) is 0.353. The molecule has 0 aliphatic rings. The van der Waals surface area contributed by atoms with Crippen LogP contribution in [0.3, 0.4) is 0 Å². The van der Waals surface area contributed by atoms with E-state index in [2.05, 4.69) is 15.3 Å². The summed E-state index contributed by atoms with van der Waals surface area (Å²) in [5.41, 5.74) is 1.08. The number of amides is 1. The number of pyridine rings is 2. The number of rotatable bonds is 7. The quantitative estimate of drug-likeness (QED) is 0.831. The molecule has 0 fully saturated rings. The summed E-state index contributed by atoms with van der Waals surface area (Å²) in [5.74, 6) is 0.723. The molecule has 0 bridgehead atoms. The number of hydrogen-bond donors (Lipinski definition) is 1. The second kappa shape index (κ2) is 8.49. The van der Waals surface area contributed by atoms with Gasteiger partial charge in [0.05, 0.1) is 18.7 Å². The van der Waals surface area contributed by atoms with Crippen LogP contribution in [-0.4, -0.2) is 29.6 Å². The van der Waals surface area contributed by atoms with Gasteiger partial charge in [-0.05, 0) is 17.5 Å². The van der Waals surface area contributed by atoms with Gasteiger partial charge in [-0.25, -0.2) is 9.97 Å². The molecule has 1 amide bonds. The van der Waals surface area contributed by atoms with E-state index in [1.54, 1.807) is 25.4 Å². The highest BCUT2D eigenvalue weighted by molar-refractivity contribution is 6.34. The second-order valence-electron chi connectivity index (χ2n) is 5.57. The summed E-state index contributed by atoms with van der Waals surface area (Å²) in [6.45, 7) is 4.79. The van der Waals surface area contributed by atoms with Gasteiger partial charge >= 0.3 is 0 Å². The van der Waals surface area contributed by atoms with Crippen molar-refractivity contribution in [2.45, 2.75) is 20.4 Å². The molecule has 0 atom stereocenters. The van der Waals surface area contributed by atoms with Crippen molar-refractivity contribution in [2.24, 2.45) is 5.92 Å². The first-order chi connectivity index (χ1) is 11.5. The van der Waals surface area contributed by atoms with Gasteiger partial charge in [0.25, 0.3) is 5.91 Å². The number of hydrogen-bond acceptors (Lipinski definition) is 5. The van der Waals surface area contributed by atoms with Gasteiger partial charge in [0.2, 0.25) is 11.8 Å². The minimum atomic E-state index is -0.345. The van der Waals surface area contributed by atoms with Crippen molar-refractivity contribution in [3.8, 4) is 11.8 Å². The highest BCUT2D eigenvalue weighted by Crippen LogP contribution is 2.24. The van der Waals surface area contributed by atoms with Gasteiger partial charge in [-0.2, -0.15) is 0 Å². The molecule has 0 saturated heterocycles. The largest absolute Gasteiger partial charge is 0.481 e. The lowest BCUT2D eigenvalue weighted by atomic mass is 10.2. The molecule has 6 nitrogen and oxygen atoms in total. The molecule has 0 aromatic carbocycles. The molecule has 1 N–H and O–H groups in total. The number of ether oxygens (including phenoxy) is 2. The van der Waals surface area contributed by atoms with Crippen molar-refractivity contribution in [1.29, 1.82) is 0 Å². The Hall–Kier alpha value is -2.34. The maximum Gasteiger partial charge on any atom is 0.258 e. The zero-order valence-corrected chi connectivity index (χ0v) is 14.6. The van der Waals surface area contributed by atoms with E-state index in [1.165, 1.54) is 6.20 Å². The predicted molar refractivity (Wildman–Crippen MR) is 91.5 cm³/mol. The lowest BCUT2D eigenvalue weighted by molar-refractivity contribution is 0.0945. The standard InChI is InChI=1S/C17H20ClN3O3/c1-11(2)10-24-17-15(13(18)6-7-19-17)16(22)21-9-12-4-5-14(23-3)20-8-12/h4-8,11H,9-10H2,1-3H3,(H,21,22). The van der Waals surface area contributed by atoms with Gasteiger partial charge in [-0.1, -0.05) is 31.5 Å². The molecule has 2 heterocycles. The molecule has 2 rings (SSSR count). The van der Waals surface area contributed by atoms with Crippen LogP contribution in [-0.2, 0) is 6.54 Å². The van der Waals surface area contributed by atoms with Crippen molar-refractivity contribution in [3.05, 3.63) is 46.7 Å². The molecule has 0 radical (unpaired) electrons. The minimum absolute atomic E-state index is 0.237. The summed E-state index contributed by atoms with van der Waals surface area (Å²) in [7, 11) is 1.55. The zero-order chi connectivity index (χ0) is 17.5. The molecular formula is C17H20ClN3O3. The van der Waals surface area contributed by atoms with Crippen LogP contribution in [0.4, 0.5) is 0 Å². The highest BCUT2D eigenvalue weighted by atomic mass is 35.5. The van der Waals surface area contributed by atoms with Crippen LogP contribution in [0.5, 0.6) is 11.8 Å². The van der Waals surface area contributed by atoms with E-state index in [0.717, 1.165) is 5.56 Å². The van der Waals surface area contributed by atoms with Crippen molar-refractivity contribution in [1.82, 2.24) is 15.3 Å². The Morgan fingerprint density at radius 3 is 2.71 bits per heavy atom. The molecular weight excluding hydrogens is 330 g/mol. The Morgan fingerprint density at radius 2 is 2.08 bits per heavy atom. The molecule has 7 heteroatoms. The number of carbonyl (C=O) groups excluding carboxylic acids is 1. The summed E-state index contributed by atoms with van der Waals surface area (Å²) in [5, 5.41) is 3.10. The fourth-order valence-corrected chi connectivity index (χ4v) is 2.11. The molecule has 0 saturated carbocycles. The number of nitrogens with zero attached hydrogens (tertiary/aromatic N) is 2. The summed E-state index contributed by atoms with van der Waals surface area (Å²) in [4.78, 5) is 20.7. The summed E-state index contributed by atoms with van der Waals surface area (Å²) in [6.07, 6.45) is 3.16. The maximum atomic E-state index is 12.5. The van der Waals surface area contributed by atoms with Gasteiger partial charge in [-0.3, -0.25) is 4.79 Å². The Balaban J connectivity index is 2.07. The fourth-order valence-electron chi connectivity index (χ4n) is 1.89. The molecule has 0 aliphatic carbocycles. The molecule has 0 spiro atoms. The van der Waals surface area contributed by atoms with E-state index in [1.807, 2.05) is 19.9 Å². The first-order valence-corrected chi connectivity index (χ1v) is 7.93. The number of carbonyl (C=O) groups is 1. The summed E-state index contributed by atoms with van der Waals surface area (Å²) < 4.78 is 10.6. The third kappa shape index (κ3) is 4.83. The molecule has 0 unspecified atom stereocenters. The van der Waals surface area contributed by atoms with Crippen molar-refractivity contribution < 1.29 is 14.3 Å². The van der Waals surface area contributed by atoms with E-state index >= 15 is 0 Å². The number of methoxy groups -OCH3 is 1. The average Bonchev–Trinajstić information content (AvgIpc) is 2.58. The third-order valence-electron chi connectivity index (χ3n) is 3.11. The molecule has 128 valence electrons. The monoisotopic (exact) mass is 349 g/mol. The summed E-state index contributed by atoms with van der Waals surface area (Å²) >= 11 is 6.15. The lowest BCUT2D eigenvalue weighted by Crippen LogP contribution is -2.24. The van der Waals surface area contributed by atoms with Gasteiger partial charge < -0.3 is 14.8 Å². The van der Waals surface area contributed by atoms with E-state index in [9.17, 15) is 4.79 Å². The normalized spacial score (nSPS) is 10.5. The van der Waals surface area contributed by atoms with Crippen LogP contribution >= 0.6 is 11.6 Å². The number of halogens is 1. The minimum Gasteiger partial charge on any atom is -0.481 e. The van der Waals surface area contributed by atoms with Crippen LogP contribution < -0.4 is 14.8 Å². The highest BCUT2D eigenvalue weighted by Gasteiger charge is 2.18. The van der Waals surface area contributed by atoms with Crippen molar-refractivity contribution in [2.75, 3.05) is 13.7 Å². The van der Waals surface area contributed by atoms with Gasteiger partial charge in [-0.15, -0.1) is 0 Å². The molecule has 2 aromatic rings. The van der Waals surface area contributed by atoms with Crippen LogP contribution in [0.25, 0.3) is 0 Å². The predicted octanol–water partition coefficient (Wildman–Crippen LogP) is 3.10. The van der Waals surface area contributed by atoms with E-state index < -0.39 is 0 Å². The molecule has 24 heavy (non-hydrogen) atoms. The van der Waals surface area contributed by atoms with Crippen LogP contribution in [0, 0.1) is 5.92 Å². The van der Waals surface area contributed by atoms with Crippen LogP contribution in [0.2, 0.25) is 5.02 Å². The lowest BCUT2D eigenvalue weighted by Gasteiger charge is -2.13. The van der Waals surface area contributed by atoms with E-state index in [4.69, 9.17) is 21.1 Å². The van der Waals surface area contributed by atoms with Gasteiger partial charge in [0.15, 0.2) is 0 Å². The van der Waals surface area contributed by atoms with Crippen molar-refractivity contribution >= 4 is 17.5 Å². The SMILES string of the molecule is COc1ccc(CNC(=O)c2c(Cl)ccnc2OCC(C)C)cn1. The van der Waals surface area contributed by atoms with E-state index in [0.29, 0.717) is 30.0 Å². The Morgan fingerprint density at radius 1 is 1.29 bits per heavy atom. The van der Waals surface area contributed by atoms with Gasteiger partial charge in [0.1, 0.15) is 5.56 Å². The maximum absolute atomic E-state index is 12.5. The first-order valence-electron chi connectivity index (χ1n) is 7.55. The Bertz CT molecular complexity index is 690. The Labute approximate surface area is 146 Å². The van der Waals surface area contributed by atoms with Crippen molar-refractivity contribution in [3.63, 3.8) is 0 Å². The third-order valence-corrected chi connectivity index (χ3v) is 3.42. The Kier molecular flexibility index (Phi) is 6.37. The average molecular weight is 350 g/mol. The zero-order valence-electron chi connectivity index (χ0n) is 13.9. The second-order valence-corrected chi connectivity index (χ2v) is 5.98. The summed E-state index contributed by atoms with van der Waals surface area (Å²) in [6, 6.07) is 5.12. The smallest absolute Gasteiger partial charge is 0.258 e. The first kappa shape index (κ1) is 18.0. The van der Waals surface area contributed by atoms with Crippen LogP contribution in [0.15, 0.2) is 30.6 Å². The molecule has 0 aliphatic heterocycles. The van der Waals surface area contributed by atoms with Crippen LogP contribution in [0.1, 0.15) is 29.8 Å². The number of aromatic nitrogens is 2. The molecule has 2 aromatic heterocycles. The van der Waals surface area contributed by atoms with E-state index in [-0.39, 0.29) is 17.4 Å². The number of nitrogens with one attached hydrogen (secondary N) is 1. The topological polar surface area (TPSA) is 73.3 Å².